The molecule has 0 aliphatic heterocycles. The minimum atomic E-state index is 0.106. The predicted molar refractivity (Wildman–Crippen MR) is 81.2 cm³/mol. The molecule has 0 radical (unpaired) electrons. The summed E-state index contributed by atoms with van der Waals surface area (Å²) in [7, 11) is 3.47. The smallest absolute Gasteiger partial charge is 0.161 e. The van der Waals surface area contributed by atoms with Gasteiger partial charge in [-0.15, -0.1) is 0 Å². The van der Waals surface area contributed by atoms with E-state index in [0.717, 1.165) is 43.8 Å². The molecule has 0 aliphatic rings. The van der Waals surface area contributed by atoms with E-state index in [2.05, 4.69) is 31.2 Å². The zero-order valence-electron chi connectivity index (χ0n) is 13.5. The van der Waals surface area contributed by atoms with E-state index in [4.69, 9.17) is 9.47 Å². The molecule has 0 amide bonds. The van der Waals surface area contributed by atoms with Gasteiger partial charge in [-0.1, -0.05) is 27.2 Å². The van der Waals surface area contributed by atoms with Gasteiger partial charge in [-0.25, -0.2) is 0 Å². The quantitative estimate of drug-likeness (QED) is 0.717. The van der Waals surface area contributed by atoms with Gasteiger partial charge in [0, 0.05) is 13.7 Å². The van der Waals surface area contributed by atoms with Gasteiger partial charge < -0.3 is 14.8 Å². The van der Waals surface area contributed by atoms with E-state index in [1.54, 1.807) is 20.4 Å². The Morgan fingerprint density at radius 3 is 2.50 bits per heavy atom. The Hall–Kier alpha value is -1.07. The lowest BCUT2D eigenvalue weighted by Crippen LogP contribution is -2.35. The van der Waals surface area contributed by atoms with Gasteiger partial charge in [0.1, 0.15) is 0 Å². The van der Waals surface area contributed by atoms with Crippen LogP contribution < -0.4 is 10.1 Å². The highest BCUT2D eigenvalue weighted by Gasteiger charge is 2.28. The van der Waals surface area contributed by atoms with Crippen molar-refractivity contribution in [1.29, 1.82) is 0 Å². The van der Waals surface area contributed by atoms with Gasteiger partial charge in [-0.3, -0.25) is 4.68 Å². The first-order valence-electron chi connectivity index (χ1n) is 7.59. The van der Waals surface area contributed by atoms with Crippen molar-refractivity contribution in [1.82, 2.24) is 15.1 Å². The van der Waals surface area contributed by atoms with Crippen LogP contribution in [0.4, 0.5) is 0 Å². The highest BCUT2D eigenvalue weighted by Crippen LogP contribution is 2.30. The number of aryl methyl sites for hydroxylation is 1. The summed E-state index contributed by atoms with van der Waals surface area (Å²) in [5.41, 5.74) is 1.09. The zero-order chi connectivity index (χ0) is 15.0. The number of methoxy groups -OCH3 is 2. The van der Waals surface area contributed by atoms with Crippen molar-refractivity contribution in [2.24, 2.45) is 0 Å². The third-order valence-corrected chi connectivity index (χ3v) is 3.47. The monoisotopic (exact) mass is 283 g/mol. The molecule has 0 fully saturated rings. The first-order valence-corrected chi connectivity index (χ1v) is 7.59. The maximum absolute atomic E-state index is 5.70. The second-order valence-corrected chi connectivity index (χ2v) is 4.92. The average molecular weight is 283 g/mol. The van der Waals surface area contributed by atoms with Crippen LogP contribution in [0, 0.1) is 0 Å². The fourth-order valence-corrected chi connectivity index (χ4v) is 2.57. The normalized spacial score (nSPS) is 14.2. The van der Waals surface area contributed by atoms with E-state index in [-0.39, 0.29) is 12.1 Å². The topological polar surface area (TPSA) is 48.3 Å². The molecule has 2 unspecified atom stereocenters. The van der Waals surface area contributed by atoms with Crippen LogP contribution in [-0.2, 0) is 11.3 Å². The summed E-state index contributed by atoms with van der Waals surface area (Å²) in [5, 5.41) is 7.98. The van der Waals surface area contributed by atoms with Gasteiger partial charge in [0.25, 0.3) is 0 Å². The SMILES string of the molecule is CCCC(OC)C(NCC)c1c(OC)cnn1CCC. The Morgan fingerprint density at radius 1 is 1.25 bits per heavy atom. The van der Waals surface area contributed by atoms with E-state index < -0.39 is 0 Å². The third kappa shape index (κ3) is 3.96. The Labute approximate surface area is 122 Å². The lowest BCUT2D eigenvalue weighted by molar-refractivity contribution is 0.0574. The first kappa shape index (κ1) is 17.0. The Kier molecular flexibility index (Phi) is 7.62. The van der Waals surface area contributed by atoms with Gasteiger partial charge in [0.15, 0.2) is 5.75 Å². The largest absolute Gasteiger partial charge is 0.493 e. The van der Waals surface area contributed by atoms with E-state index >= 15 is 0 Å². The minimum Gasteiger partial charge on any atom is -0.493 e. The lowest BCUT2D eigenvalue weighted by Gasteiger charge is -2.28. The minimum absolute atomic E-state index is 0.106. The van der Waals surface area contributed by atoms with Crippen LogP contribution in [0.5, 0.6) is 5.75 Å². The summed E-state index contributed by atoms with van der Waals surface area (Å²) in [6.07, 6.45) is 5.07. The number of hydrogen-bond acceptors (Lipinski definition) is 4. The Balaban J connectivity index is 3.13. The lowest BCUT2D eigenvalue weighted by atomic mass is 10.0. The molecule has 0 saturated heterocycles. The fourth-order valence-electron chi connectivity index (χ4n) is 2.57. The molecule has 2 atom stereocenters. The molecule has 1 rings (SSSR count). The average Bonchev–Trinajstić information content (AvgIpc) is 2.86. The Bertz CT molecular complexity index is 379. The van der Waals surface area contributed by atoms with Gasteiger partial charge in [0.05, 0.1) is 31.1 Å². The van der Waals surface area contributed by atoms with Gasteiger partial charge in [-0.05, 0) is 19.4 Å². The van der Waals surface area contributed by atoms with Gasteiger partial charge in [-0.2, -0.15) is 5.10 Å². The van der Waals surface area contributed by atoms with E-state index in [1.807, 2.05) is 4.68 Å². The highest BCUT2D eigenvalue weighted by atomic mass is 16.5. The van der Waals surface area contributed by atoms with Crippen LogP contribution in [0.1, 0.15) is 51.8 Å². The Morgan fingerprint density at radius 2 is 2.00 bits per heavy atom. The second kappa shape index (κ2) is 8.97. The fraction of sp³-hybridized carbons (Fsp3) is 0.800. The van der Waals surface area contributed by atoms with Crippen LogP contribution >= 0.6 is 0 Å². The molecule has 116 valence electrons. The van der Waals surface area contributed by atoms with Crippen LogP contribution in [0.25, 0.3) is 0 Å². The van der Waals surface area contributed by atoms with Gasteiger partial charge >= 0.3 is 0 Å². The van der Waals surface area contributed by atoms with Crippen molar-refractivity contribution in [3.8, 4) is 5.75 Å². The molecule has 1 heterocycles. The van der Waals surface area contributed by atoms with Crippen LogP contribution in [0.15, 0.2) is 6.20 Å². The maximum Gasteiger partial charge on any atom is 0.161 e. The van der Waals surface area contributed by atoms with Crippen molar-refractivity contribution in [2.75, 3.05) is 20.8 Å². The van der Waals surface area contributed by atoms with Crippen LogP contribution in [0.2, 0.25) is 0 Å². The molecular formula is C15H29N3O2. The summed E-state index contributed by atoms with van der Waals surface area (Å²) < 4.78 is 13.2. The van der Waals surface area contributed by atoms with Crippen molar-refractivity contribution in [3.05, 3.63) is 11.9 Å². The number of nitrogens with one attached hydrogen (secondary N) is 1. The van der Waals surface area contributed by atoms with Crippen molar-refractivity contribution >= 4 is 0 Å². The first-order chi connectivity index (χ1) is 9.73. The highest BCUT2D eigenvalue weighted by molar-refractivity contribution is 5.29. The predicted octanol–water partition coefficient (Wildman–Crippen LogP) is 2.77. The second-order valence-electron chi connectivity index (χ2n) is 4.92. The summed E-state index contributed by atoms with van der Waals surface area (Å²) in [5.74, 6) is 0.836. The summed E-state index contributed by atoms with van der Waals surface area (Å²) in [6.45, 7) is 8.21. The third-order valence-electron chi connectivity index (χ3n) is 3.47. The summed E-state index contributed by atoms with van der Waals surface area (Å²) >= 11 is 0. The molecule has 1 aromatic rings. The van der Waals surface area contributed by atoms with Crippen LogP contribution in [-0.4, -0.2) is 36.6 Å². The number of nitrogens with zero attached hydrogens (tertiary/aromatic N) is 2. The number of rotatable bonds is 10. The maximum atomic E-state index is 5.70. The number of hydrogen-bond donors (Lipinski definition) is 1. The molecule has 0 spiro atoms. The molecule has 0 bridgehead atoms. The van der Waals surface area contributed by atoms with Crippen LogP contribution in [0.3, 0.4) is 0 Å². The molecule has 5 nitrogen and oxygen atoms in total. The van der Waals surface area contributed by atoms with E-state index in [0.29, 0.717) is 0 Å². The number of likely N-dealkylation sites (N-methyl/N-ethyl adjacent to an activating group) is 1. The molecule has 1 N–H and O–H groups in total. The number of aromatic nitrogens is 2. The van der Waals surface area contributed by atoms with Crippen molar-refractivity contribution in [2.45, 2.75) is 58.7 Å². The van der Waals surface area contributed by atoms with E-state index in [1.165, 1.54) is 0 Å². The zero-order valence-corrected chi connectivity index (χ0v) is 13.5. The van der Waals surface area contributed by atoms with E-state index in [9.17, 15) is 0 Å². The number of ether oxygens (including phenoxy) is 2. The van der Waals surface area contributed by atoms with Gasteiger partial charge in [0.2, 0.25) is 0 Å². The molecule has 20 heavy (non-hydrogen) atoms. The van der Waals surface area contributed by atoms with Crippen molar-refractivity contribution < 1.29 is 9.47 Å². The molecule has 1 aromatic heterocycles. The molecule has 0 aliphatic carbocycles. The standard InChI is InChI=1S/C15H29N3O2/c1-6-9-12(19-4)14(16-8-3)15-13(20-5)11-17-18(15)10-7-2/h11-12,14,16H,6-10H2,1-5H3. The molecular weight excluding hydrogens is 254 g/mol. The van der Waals surface area contributed by atoms with Crippen molar-refractivity contribution in [3.63, 3.8) is 0 Å². The summed E-state index contributed by atoms with van der Waals surface area (Å²) in [6, 6.07) is 0.106. The molecule has 0 aromatic carbocycles. The molecule has 5 heteroatoms. The molecule has 0 saturated carbocycles. The summed E-state index contributed by atoms with van der Waals surface area (Å²) in [4.78, 5) is 0.